The van der Waals surface area contributed by atoms with Crippen LogP contribution in [0.1, 0.15) is 74.9 Å². The van der Waals surface area contributed by atoms with Gasteiger partial charge in [0.1, 0.15) is 33.5 Å². The predicted molar refractivity (Wildman–Crippen MR) is 336 cm³/mol. The molecule has 0 spiro atoms. The maximum Gasteiger partial charge on any atom is 0.159 e. The Labute approximate surface area is 464 Å². The van der Waals surface area contributed by atoms with E-state index < -0.39 is 0 Å². The van der Waals surface area contributed by atoms with Gasteiger partial charge < -0.3 is 27.5 Å². The van der Waals surface area contributed by atoms with Crippen molar-refractivity contribution in [3.8, 4) is 0 Å². The van der Waals surface area contributed by atoms with Gasteiger partial charge >= 0.3 is 0 Å². The zero-order valence-electron chi connectivity index (χ0n) is 46.8. The zero-order valence-corrected chi connectivity index (χ0v) is 46.8. The SMILES string of the molecule is Cc1ccccc1N(c1ccc2cc3c(cc2c1)oc1c(C)c(C)c2oc4cc5cc(N(c6ccccc6C)c6cccc7c6oc6c(C(C)(C)C)cccc67)ccc5cc4c2c13)c1cccc2c1oc1c(C(C)(C)C)cccc12. The Kier molecular flexibility index (Phi) is 10.3. The maximum absolute atomic E-state index is 7.03. The summed E-state index contributed by atoms with van der Waals surface area (Å²) < 4.78 is 28.1. The van der Waals surface area contributed by atoms with Crippen LogP contribution >= 0.6 is 0 Å². The molecule has 0 amide bonds. The van der Waals surface area contributed by atoms with Crippen LogP contribution in [0.25, 0.3) is 109 Å². The summed E-state index contributed by atoms with van der Waals surface area (Å²) in [5.41, 5.74) is 19.9. The summed E-state index contributed by atoms with van der Waals surface area (Å²) >= 11 is 0. The van der Waals surface area contributed by atoms with Crippen LogP contribution in [-0.2, 0) is 10.8 Å². The van der Waals surface area contributed by atoms with Crippen molar-refractivity contribution in [3.63, 3.8) is 0 Å². The highest BCUT2D eigenvalue weighted by atomic mass is 16.3. The lowest BCUT2D eigenvalue weighted by molar-refractivity contribution is 0.572. The first-order valence-electron chi connectivity index (χ1n) is 27.9. The van der Waals surface area contributed by atoms with E-state index in [1.54, 1.807) is 0 Å². The van der Waals surface area contributed by atoms with E-state index in [0.29, 0.717) is 0 Å². The molecule has 0 aliphatic carbocycles. The quantitative estimate of drug-likeness (QED) is 0.165. The maximum atomic E-state index is 7.03. The first-order chi connectivity index (χ1) is 38.6. The molecule has 0 aliphatic rings. The van der Waals surface area contributed by atoms with Crippen LogP contribution < -0.4 is 9.80 Å². The molecule has 0 saturated carbocycles. The van der Waals surface area contributed by atoms with Crippen molar-refractivity contribution in [2.75, 3.05) is 9.80 Å². The third-order valence-electron chi connectivity index (χ3n) is 17.1. The van der Waals surface area contributed by atoms with Gasteiger partial charge in [0.2, 0.25) is 0 Å². The van der Waals surface area contributed by atoms with Crippen molar-refractivity contribution in [3.05, 3.63) is 215 Å². The van der Waals surface area contributed by atoms with E-state index in [-0.39, 0.29) is 10.8 Å². The van der Waals surface area contributed by atoms with Gasteiger partial charge in [-0.25, -0.2) is 0 Å². The van der Waals surface area contributed by atoms with Crippen molar-refractivity contribution in [1.29, 1.82) is 0 Å². The summed E-state index contributed by atoms with van der Waals surface area (Å²) in [7, 11) is 0. The molecule has 4 heterocycles. The van der Waals surface area contributed by atoms with E-state index in [0.717, 1.165) is 166 Å². The second-order valence-electron chi connectivity index (χ2n) is 24.2. The molecule has 0 bridgehead atoms. The van der Waals surface area contributed by atoms with Gasteiger partial charge in [-0.05, 0) is 155 Å². The molecule has 0 saturated heterocycles. The van der Waals surface area contributed by atoms with Crippen LogP contribution in [0.4, 0.5) is 34.1 Å². The molecule has 15 rings (SSSR count). The minimum atomic E-state index is -0.0889. The summed E-state index contributed by atoms with van der Waals surface area (Å²) in [4.78, 5) is 4.70. The second-order valence-corrected chi connectivity index (χ2v) is 24.2. The van der Waals surface area contributed by atoms with Gasteiger partial charge in [-0.2, -0.15) is 0 Å². The zero-order chi connectivity index (χ0) is 54.7. The lowest BCUT2D eigenvalue weighted by Gasteiger charge is -2.27. The Morgan fingerprint density at radius 1 is 0.300 bits per heavy atom. The lowest BCUT2D eigenvalue weighted by Crippen LogP contribution is -2.11. The summed E-state index contributed by atoms with van der Waals surface area (Å²) in [5, 5.41) is 13.1. The molecule has 6 heteroatoms. The molecule has 0 atom stereocenters. The highest BCUT2D eigenvalue weighted by Gasteiger charge is 2.28. The van der Waals surface area contributed by atoms with Gasteiger partial charge in [0.25, 0.3) is 0 Å². The molecule has 0 fully saturated rings. The van der Waals surface area contributed by atoms with Gasteiger partial charge in [0.15, 0.2) is 11.2 Å². The van der Waals surface area contributed by atoms with Gasteiger partial charge in [0.05, 0.1) is 11.4 Å². The average molecular weight is 1040 g/mol. The van der Waals surface area contributed by atoms with Gasteiger partial charge in [0, 0.05) is 77.0 Å². The van der Waals surface area contributed by atoms with E-state index >= 15 is 0 Å². The Morgan fingerprint density at radius 2 is 0.675 bits per heavy atom. The van der Waals surface area contributed by atoms with Crippen LogP contribution in [0.3, 0.4) is 0 Å². The van der Waals surface area contributed by atoms with Crippen LogP contribution in [-0.4, -0.2) is 0 Å². The molecular weight excluding hydrogens is 981 g/mol. The van der Waals surface area contributed by atoms with E-state index in [2.05, 4.69) is 261 Å². The standard InChI is InChI=1S/C74H60N2O4/c1-41-19-11-13-27-59(41)75(61-29-17-23-53-51-21-15-25-57(73(5,6)7)69(51)79-71(53)61)49-33-31-45-37-55-63(39-47(45)35-49)77-67-43(3)44(4)68-66(65(55)67)56-38-46-32-34-50(36-48(46)40-64(56)78-68)76(60-28-14-12-20-42(60)2)62-30-18-24-54-52-22-16-26-58(74(8,9)10)70(52)80-72(54)62/h11-40H,1-10H3. The van der Waals surface area contributed by atoms with Crippen LogP contribution in [0.2, 0.25) is 0 Å². The number of rotatable bonds is 6. The van der Waals surface area contributed by atoms with E-state index in [9.17, 15) is 0 Å². The van der Waals surface area contributed by atoms with Crippen molar-refractivity contribution in [2.45, 2.75) is 80.1 Å². The summed E-state index contributed by atoms with van der Waals surface area (Å²) in [6.07, 6.45) is 0. The first kappa shape index (κ1) is 47.9. The fourth-order valence-corrected chi connectivity index (χ4v) is 12.9. The van der Waals surface area contributed by atoms with Crippen molar-refractivity contribution in [2.24, 2.45) is 0 Å². The van der Waals surface area contributed by atoms with Crippen LogP contribution in [0.15, 0.2) is 200 Å². The highest BCUT2D eigenvalue weighted by molar-refractivity contribution is 6.29. The topological polar surface area (TPSA) is 59.0 Å². The third-order valence-corrected chi connectivity index (χ3v) is 17.1. The smallest absolute Gasteiger partial charge is 0.159 e. The number of benzene rings is 11. The predicted octanol–water partition coefficient (Wildman–Crippen LogP) is 22.4. The molecule has 0 unspecified atom stereocenters. The minimum Gasteiger partial charge on any atom is -0.456 e. The molecule has 0 radical (unpaired) electrons. The Balaban J connectivity index is 0.884. The normalized spacial score (nSPS) is 12.6. The van der Waals surface area contributed by atoms with E-state index in [1.807, 2.05) is 0 Å². The largest absolute Gasteiger partial charge is 0.456 e. The fourth-order valence-electron chi connectivity index (χ4n) is 12.9. The molecule has 80 heavy (non-hydrogen) atoms. The van der Waals surface area contributed by atoms with Crippen molar-refractivity contribution < 1.29 is 17.7 Å². The molecule has 4 aromatic heterocycles. The fraction of sp³-hybridized carbons (Fsp3) is 0.162. The van der Waals surface area contributed by atoms with Gasteiger partial charge in [-0.15, -0.1) is 0 Å². The summed E-state index contributed by atoms with van der Waals surface area (Å²) in [6, 6.07) is 65.9. The summed E-state index contributed by atoms with van der Waals surface area (Å²) in [6.45, 7) is 22.1. The molecular formula is C74H60N2O4. The number of aryl methyl sites for hydroxylation is 4. The lowest BCUT2D eigenvalue weighted by atomic mass is 9.86. The number of nitrogens with zero attached hydrogens (tertiary/aromatic N) is 2. The molecule has 0 N–H and O–H groups in total. The molecule has 15 aromatic rings. The molecule has 0 aliphatic heterocycles. The average Bonchev–Trinajstić information content (AvgIpc) is 4.31. The van der Waals surface area contributed by atoms with Crippen molar-refractivity contribution in [1.82, 2.24) is 0 Å². The van der Waals surface area contributed by atoms with Crippen LogP contribution in [0, 0.1) is 27.7 Å². The number of fused-ring (bicyclic) bond motifs is 15. The number of furan rings is 4. The van der Waals surface area contributed by atoms with E-state index in [4.69, 9.17) is 17.7 Å². The van der Waals surface area contributed by atoms with Gasteiger partial charge in [-0.1, -0.05) is 151 Å². The second kappa shape index (κ2) is 17.1. The monoisotopic (exact) mass is 1040 g/mol. The number of hydrogen-bond acceptors (Lipinski definition) is 6. The van der Waals surface area contributed by atoms with Crippen LogP contribution in [0.5, 0.6) is 0 Å². The Morgan fingerprint density at radius 3 is 1.07 bits per heavy atom. The number of anilines is 6. The first-order valence-corrected chi connectivity index (χ1v) is 27.9. The highest BCUT2D eigenvalue weighted by Crippen LogP contribution is 2.50. The van der Waals surface area contributed by atoms with Crippen molar-refractivity contribution >= 4 is 143 Å². The minimum absolute atomic E-state index is 0.0889. The third kappa shape index (κ3) is 7.10. The Bertz CT molecular complexity index is 4780. The number of para-hydroxylation sites is 6. The van der Waals surface area contributed by atoms with Gasteiger partial charge in [-0.3, -0.25) is 0 Å². The number of hydrogen-bond donors (Lipinski definition) is 0. The molecule has 11 aromatic carbocycles. The molecule has 390 valence electrons. The molecule has 6 nitrogen and oxygen atoms in total. The Hall–Kier alpha value is -9.26. The van der Waals surface area contributed by atoms with E-state index in [1.165, 1.54) is 11.1 Å². The summed E-state index contributed by atoms with van der Waals surface area (Å²) in [5.74, 6) is 0.